The number of rotatable bonds is 6. The Morgan fingerprint density at radius 2 is 1.90 bits per heavy atom. The average molecular weight is 542 g/mol. The highest BCUT2D eigenvalue weighted by Gasteiger charge is 2.35. The van der Waals surface area contributed by atoms with Crippen LogP contribution in [-0.2, 0) is 14.8 Å². The van der Waals surface area contributed by atoms with Crippen molar-refractivity contribution in [2.24, 2.45) is 5.92 Å². The largest absolute Gasteiger partial charge is 0.495 e. The van der Waals surface area contributed by atoms with E-state index in [4.69, 9.17) is 4.74 Å². The van der Waals surface area contributed by atoms with E-state index >= 15 is 0 Å². The zero-order valence-electron chi connectivity index (χ0n) is 17.4. The molecule has 1 heterocycles. The van der Waals surface area contributed by atoms with Crippen LogP contribution in [0.25, 0.3) is 0 Å². The first-order valence-corrected chi connectivity index (χ1v) is 12.5. The van der Waals surface area contributed by atoms with Gasteiger partial charge in [-0.05, 0) is 83.3 Å². The molecule has 1 aliphatic rings. The number of hydrogen-bond acceptors (Lipinski definition) is 4. The maximum absolute atomic E-state index is 13.4. The van der Waals surface area contributed by atoms with E-state index in [1.807, 2.05) is 44.2 Å². The summed E-state index contributed by atoms with van der Waals surface area (Å²) < 4.78 is 34.7. The highest BCUT2D eigenvalue weighted by Crippen LogP contribution is 2.32. The van der Waals surface area contributed by atoms with Gasteiger partial charge in [0, 0.05) is 22.3 Å². The Morgan fingerprint density at radius 3 is 2.53 bits per heavy atom. The summed E-state index contributed by atoms with van der Waals surface area (Å²) in [6, 6.07) is 12.8. The second kappa shape index (κ2) is 9.65. The third kappa shape index (κ3) is 5.15. The molecule has 0 aromatic heterocycles. The van der Waals surface area contributed by atoms with Crippen LogP contribution in [-0.4, -0.2) is 38.8 Å². The van der Waals surface area contributed by atoms with Gasteiger partial charge < -0.3 is 10.1 Å². The number of benzene rings is 2. The van der Waals surface area contributed by atoms with E-state index in [9.17, 15) is 13.2 Å². The molecule has 0 spiro atoms. The van der Waals surface area contributed by atoms with Crippen molar-refractivity contribution in [3.63, 3.8) is 0 Å². The Labute approximate surface area is 192 Å². The number of nitrogens with one attached hydrogen (secondary N) is 1. The van der Waals surface area contributed by atoms with Crippen LogP contribution in [0.15, 0.2) is 47.4 Å². The van der Waals surface area contributed by atoms with Crippen LogP contribution >= 0.6 is 22.6 Å². The number of anilines is 1. The molecule has 1 N–H and O–H groups in total. The fourth-order valence-electron chi connectivity index (χ4n) is 3.55. The molecule has 30 heavy (non-hydrogen) atoms. The molecule has 1 aliphatic heterocycles. The molecule has 0 saturated carbocycles. The van der Waals surface area contributed by atoms with Crippen LogP contribution in [0.5, 0.6) is 5.75 Å². The first kappa shape index (κ1) is 23.0. The number of sulfonamides is 1. The van der Waals surface area contributed by atoms with Crippen LogP contribution in [0.3, 0.4) is 0 Å². The van der Waals surface area contributed by atoms with Gasteiger partial charge >= 0.3 is 0 Å². The minimum atomic E-state index is -3.78. The van der Waals surface area contributed by atoms with Gasteiger partial charge in [0.1, 0.15) is 10.6 Å². The van der Waals surface area contributed by atoms with Crippen LogP contribution in [0, 0.1) is 9.49 Å². The molecule has 0 aliphatic carbocycles. The lowest BCUT2D eigenvalue weighted by molar-refractivity contribution is -0.120. The molecule has 0 unspecified atom stereocenters. The number of nitrogens with zero attached hydrogens (tertiary/aromatic N) is 1. The summed E-state index contributed by atoms with van der Waals surface area (Å²) in [5, 5.41) is 2.91. The summed E-state index contributed by atoms with van der Waals surface area (Å²) in [5.74, 6) is -0.0328. The van der Waals surface area contributed by atoms with Gasteiger partial charge in [0.25, 0.3) is 0 Å². The van der Waals surface area contributed by atoms with Crippen LogP contribution in [0.1, 0.15) is 38.2 Å². The van der Waals surface area contributed by atoms with E-state index < -0.39 is 15.9 Å². The number of methoxy groups -OCH3 is 1. The summed E-state index contributed by atoms with van der Waals surface area (Å²) in [5.41, 5.74) is 1.64. The van der Waals surface area contributed by atoms with Gasteiger partial charge in [-0.3, -0.25) is 4.79 Å². The molecule has 3 rings (SSSR count). The number of carbonyl (C=O) groups is 1. The molecule has 1 amide bonds. The van der Waals surface area contributed by atoms with Crippen molar-refractivity contribution >= 4 is 44.2 Å². The smallest absolute Gasteiger partial charge is 0.246 e. The third-order valence-electron chi connectivity index (χ3n) is 5.34. The number of carbonyl (C=O) groups excluding carboxylic acids is 1. The summed E-state index contributed by atoms with van der Waals surface area (Å²) in [7, 11) is -2.31. The van der Waals surface area contributed by atoms with Crippen molar-refractivity contribution in [1.82, 2.24) is 4.31 Å². The summed E-state index contributed by atoms with van der Waals surface area (Å²) in [6.07, 6.45) is 1.29. The Morgan fingerprint density at radius 1 is 1.20 bits per heavy atom. The minimum absolute atomic E-state index is 0.154. The second-order valence-electron chi connectivity index (χ2n) is 7.76. The zero-order valence-corrected chi connectivity index (χ0v) is 20.4. The van der Waals surface area contributed by atoms with Crippen LogP contribution < -0.4 is 10.1 Å². The van der Waals surface area contributed by atoms with Gasteiger partial charge in [-0.2, -0.15) is 4.31 Å². The van der Waals surface area contributed by atoms with E-state index in [0.717, 1.165) is 9.13 Å². The monoisotopic (exact) mass is 542 g/mol. The number of ether oxygens (including phenoxy) is 1. The average Bonchev–Trinajstić information content (AvgIpc) is 2.74. The Bertz CT molecular complexity index is 1010. The zero-order chi connectivity index (χ0) is 21.9. The highest BCUT2D eigenvalue weighted by molar-refractivity contribution is 14.1. The van der Waals surface area contributed by atoms with E-state index in [0.29, 0.717) is 30.8 Å². The quantitative estimate of drug-likeness (QED) is 0.547. The predicted octanol–water partition coefficient (Wildman–Crippen LogP) is 4.46. The first-order chi connectivity index (χ1) is 14.2. The molecule has 2 aromatic rings. The van der Waals surface area contributed by atoms with Crippen LogP contribution in [0.4, 0.5) is 5.69 Å². The maximum atomic E-state index is 13.4. The maximum Gasteiger partial charge on any atom is 0.246 e. The predicted molar refractivity (Wildman–Crippen MR) is 126 cm³/mol. The van der Waals surface area contributed by atoms with Gasteiger partial charge in [-0.15, -0.1) is 0 Å². The molecular weight excluding hydrogens is 515 g/mol. The Balaban J connectivity index is 1.81. The van der Waals surface area contributed by atoms with Crippen LogP contribution in [0.2, 0.25) is 0 Å². The van der Waals surface area contributed by atoms with Crippen molar-refractivity contribution < 1.29 is 17.9 Å². The molecule has 1 saturated heterocycles. The number of amides is 1. The lowest BCUT2D eigenvalue weighted by Crippen LogP contribution is -2.43. The third-order valence-corrected chi connectivity index (χ3v) is 7.94. The fraction of sp³-hybridized carbons (Fsp3) is 0.409. The van der Waals surface area contributed by atoms with Crippen molar-refractivity contribution in [3.8, 4) is 5.75 Å². The Kier molecular flexibility index (Phi) is 7.41. The molecule has 162 valence electrons. The standard InChI is InChI=1S/C22H27IN2O4S/c1-15(2)16-6-11-20(29-3)21(13-16)30(27,28)25-12-4-5-17(14-25)22(26)24-19-9-7-18(23)8-10-19/h6-11,13,15,17H,4-5,12,14H2,1-3H3,(H,24,26)/t17-/m0/s1. The summed E-state index contributed by atoms with van der Waals surface area (Å²) in [6.45, 7) is 4.59. The van der Waals surface area contributed by atoms with Crippen molar-refractivity contribution in [1.29, 1.82) is 0 Å². The van der Waals surface area contributed by atoms with E-state index in [1.165, 1.54) is 11.4 Å². The second-order valence-corrected chi connectivity index (χ2v) is 10.9. The molecule has 1 fully saturated rings. The molecule has 8 heteroatoms. The van der Waals surface area contributed by atoms with E-state index in [2.05, 4.69) is 27.9 Å². The number of piperidine rings is 1. The molecule has 2 aromatic carbocycles. The molecule has 0 bridgehead atoms. The summed E-state index contributed by atoms with van der Waals surface area (Å²) >= 11 is 2.21. The lowest BCUT2D eigenvalue weighted by Gasteiger charge is -2.31. The number of halogens is 1. The SMILES string of the molecule is COc1ccc(C(C)C)cc1S(=O)(=O)N1CCC[C@H](C(=O)Nc2ccc(I)cc2)C1. The fourth-order valence-corrected chi connectivity index (χ4v) is 5.62. The van der Waals surface area contributed by atoms with Gasteiger partial charge in [0.15, 0.2) is 0 Å². The van der Waals surface area contributed by atoms with Gasteiger partial charge in [0.05, 0.1) is 13.0 Å². The minimum Gasteiger partial charge on any atom is -0.495 e. The topological polar surface area (TPSA) is 75.7 Å². The van der Waals surface area contributed by atoms with Gasteiger partial charge in [-0.1, -0.05) is 19.9 Å². The van der Waals surface area contributed by atoms with Crippen molar-refractivity contribution in [2.75, 3.05) is 25.5 Å². The van der Waals surface area contributed by atoms with Gasteiger partial charge in [-0.25, -0.2) is 8.42 Å². The Hall–Kier alpha value is -1.65. The molecule has 0 radical (unpaired) electrons. The number of hydrogen-bond donors (Lipinski definition) is 1. The van der Waals surface area contributed by atoms with E-state index in [-0.39, 0.29) is 23.3 Å². The molecular formula is C22H27IN2O4S. The van der Waals surface area contributed by atoms with Gasteiger partial charge in [0.2, 0.25) is 15.9 Å². The highest BCUT2D eigenvalue weighted by atomic mass is 127. The van der Waals surface area contributed by atoms with E-state index in [1.54, 1.807) is 12.1 Å². The lowest BCUT2D eigenvalue weighted by atomic mass is 9.99. The summed E-state index contributed by atoms with van der Waals surface area (Å²) in [4.78, 5) is 12.9. The van der Waals surface area contributed by atoms with Crippen molar-refractivity contribution in [3.05, 3.63) is 51.6 Å². The first-order valence-electron chi connectivity index (χ1n) is 9.97. The van der Waals surface area contributed by atoms with Crippen molar-refractivity contribution in [2.45, 2.75) is 37.5 Å². The normalized spacial score (nSPS) is 17.7. The molecule has 6 nitrogen and oxygen atoms in total. The molecule has 1 atom stereocenters.